The van der Waals surface area contributed by atoms with E-state index >= 15 is 0 Å². The molecule has 2 aromatic carbocycles. The normalized spacial score (nSPS) is 14.4. The molecule has 178 valence electrons. The highest BCUT2D eigenvalue weighted by molar-refractivity contribution is 7.88. The summed E-state index contributed by atoms with van der Waals surface area (Å²) in [5.74, 6) is -0.464. The number of carbonyl (C=O) groups excluding carboxylic acids is 1. The number of nitrogens with zero attached hydrogens (tertiary/aromatic N) is 1. The first kappa shape index (κ1) is 24.6. The molecule has 10 heteroatoms. The molecule has 0 radical (unpaired) electrons. The van der Waals surface area contributed by atoms with Crippen molar-refractivity contribution in [1.82, 2.24) is 4.90 Å². The molecule has 0 bridgehead atoms. The van der Waals surface area contributed by atoms with Crippen LogP contribution in [0.15, 0.2) is 43.0 Å². The van der Waals surface area contributed by atoms with E-state index in [1.54, 1.807) is 37.8 Å². The van der Waals surface area contributed by atoms with Gasteiger partial charge in [-0.1, -0.05) is 43.0 Å². The van der Waals surface area contributed by atoms with E-state index in [1.807, 2.05) is 12.1 Å². The van der Waals surface area contributed by atoms with Crippen molar-refractivity contribution in [3.8, 4) is 16.9 Å². The molecular weight excluding hydrogens is 459 g/mol. The van der Waals surface area contributed by atoms with Crippen LogP contribution in [-0.4, -0.2) is 37.1 Å². The van der Waals surface area contributed by atoms with E-state index in [4.69, 9.17) is 4.74 Å². The van der Waals surface area contributed by atoms with Crippen LogP contribution in [0.1, 0.15) is 37.5 Å². The number of halogens is 3. The molecular formula is C23H24F3NO5S. The minimum atomic E-state index is -5.82. The van der Waals surface area contributed by atoms with Crippen molar-refractivity contribution < 1.29 is 35.3 Å². The second-order valence-electron chi connectivity index (χ2n) is 8.54. The summed E-state index contributed by atoms with van der Waals surface area (Å²) in [6.07, 6.45) is 1.41. The molecule has 0 saturated heterocycles. The zero-order valence-corrected chi connectivity index (χ0v) is 19.2. The van der Waals surface area contributed by atoms with Crippen LogP contribution in [-0.2, 0) is 27.8 Å². The second-order valence-corrected chi connectivity index (χ2v) is 10.1. The van der Waals surface area contributed by atoms with Crippen molar-refractivity contribution >= 4 is 22.3 Å². The molecule has 6 nitrogen and oxygen atoms in total. The van der Waals surface area contributed by atoms with E-state index in [9.17, 15) is 26.4 Å². The second kappa shape index (κ2) is 8.74. The number of carbonyl (C=O) groups is 1. The fraction of sp³-hybridized carbons (Fsp3) is 0.348. The molecule has 0 saturated carbocycles. The van der Waals surface area contributed by atoms with Crippen molar-refractivity contribution in [3.05, 3.63) is 59.7 Å². The van der Waals surface area contributed by atoms with Crippen LogP contribution in [0.3, 0.4) is 0 Å². The number of fused-ring (bicyclic) bond motifs is 1. The summed E-state index contributed by atoms with van der Waals surface area (Å²) in [5, 5.41) is 0. The first-order valence-electron chi connectivity index (χ1n) is 10.1. The smallest absolute Gasteiger partial charge is 0.444 e. The molecule has 1 aliphatic rings. The van der Waals surface area contributed by atoms with Gasteiger partial charge in [0.2, 0.25) is 0 Å². The molecule has 0 N–H and O–H groups in total. The third-order valence-electron chi connectivity index (χ3n) is 4.93. The van der Waals surface area contributed by atoms with Crippen LogP contribution in [0.5, 0.6) is 5.75 Å². The van der Waals surface area contributed by atoms with Gasteiger partial charge in [-0.3, -0.25) is 0 Å². The highest BCUT2D eigenvalue weighted by Crippen LogP contribution is 2.36. The van der Waals surface area contributed by atoms with E-state index in [0.717, 1.165) is 17.2 Å². The lowest BCUT2D eigenvalue weighted by molar-refractivity contribution is -0.0500. The number of hydrogen-bond acceptors (Lipinski definition) is 5. The van der Waals surface area contributed by atoms with Gasteiger partial charge in [-0.25, -0.2) is 4.79 Å². The Labute approximate surface area is 190 Å². The minimum absolute atomic E-state index is 0.122. The number of amides is 1. The van der Waals surface area contributed by atoms with Crippen molar-refractivity contribution in [2.45, 2.75) is 44.8 Å². The van der Waals surface area contributed by atoms with E-state index in [2.05, 4.69) is 10.8 Å². The molecule has 0 fully saturated rings. The summed E-state index contributed by atoms with van der Waals surface area (Å²) in [6.45, 7) is 9.81. The van der Waals surface area contributed by atoms with Crippen molar-refractivity contribution in [3.63, 3.8) is 0 Å². The lowest BCUT2D eigenvalue weighted by Crippen LogP contribution is -2.39. The monoisotopic (exact) mass is 483 g/mol. The molecule has 0 aromatic heterocycles. The van der Waals surface area contributed by atoms with Crippen LogP contribution >= 0.6 is 0 Å². The summed E-state index contributed by atoms with van der Waals surface area (Å²) >= 11 is 0. The number of rotatable bonds is 4. The third-order valence-corrected chi connectivity index (χ3v) is 5.90. The van der Waals surface area contributed by atoms with E-state index in [-0.39, 0.29) is 5.56 Å². The molecule has 0 unspecified atom stereocenters. The lowest BCUT2D eigenvalue weighted by atomic mass is 9.92. The van der Waals surface area contributed by atoms with Crippen LogP contribution < -0.4 is 4.18 Å². The van der Waals surface area contributed by atoms with Gasteiger partial charge in [0.25, 0.3) is 0 Å². The van der Waals surface area contributed by atoms with Crippen molar-refractivity contribution in [1.29, 1.82) is 0 Å². The maximum Gasteiger partial charge on any atom is 0.534 e. The summed E-state index contributed by atoms with van der Waals surface area (Å²) in [6, 6.07) is 9.64. The molecule has 1 aliphatic heterocycles. The molecule has 0 spiro atoms. The van der Waals surface area contributed by atoms with Gasteiger partial charge >= 0.3 is 21.7 Å². The topological polar surface area (TPSA) is 72.9 Å². The Morgan fingerprint density at radius 3 is 2.42 bits per heavy atom. The van der Waals surface area contributed by atoms with Crippen molar-refractivity contribution in [2.24, 2.45) is 0 Å². The Bertz CT molecular complexity index is 1180. The Hall–Kier alpha value is -3.01. The summed E-state index contributed by atoms with van der Waals surface area (Å²) in [5.41, 5.74) is -3.01. The van der Waals surface area contributed by atoms with Gasteiger partial charge in [-0.05, 0) is 55.5 Å². The molecule has 33 heavy (non-hydrogen) atoms. The fourth-order valence-corrected chi connectivity index (χ4v) is 3.92. The van der Waals surface area contributed by atoms with Crippen LogP contribution in [0.4, 0.5) is 18.0 Å². The Morgan fingerprint density at radius 2 is 1.82 bits per heavy atom. The zero-order valence-electron chi connectivity index (χ0n) is 18.4. The molecule has 0 atom stereocenters. The predicted octanol–water partition coefficient (Wildman–Crippen LogP) is 5.52. The predicted molar refractivity (Wildman–Crippen MR) is 118 cm³/mol. The van der Waals surface area contributed by atoms with E-state index in [1.165, 1.54) is 12.1 Å². The van der Waals surface area contributed by atoms with Gasteiger partial charge < -0.3 is 13.8 Å². The highest BCUT2D eigenvalue weighted by atomic mass is 32.2. The van der Waals surface area contributed by atoms with Gasteiger partial charge in [0.15, 0.2) is 5.75 Å². The maximum atomic E-state index is 12.8. The quantitative estimate of drug-likeness (QED) is 0.423. The molecule has 3 rings (SSSR count). The molecule has 1 heterocycles. The summed E-state index contributed by atoms with van der Waals surface area (Å²) in [4.78, 5) is 14.0. The van der Waals surface area contributed by atoms with Crippen LogP contribution in [0.25, 0.3) is 17.2 Å². The standard InChI is InChI=1S/C23H24F3NO5S/c1-5-18-19(7-6-8-20(18)32-33(29,30)23(24,25)26)16-9-10-17-14-27(12-11-15(17)13-16)21(28)31-22(2,3)4/h5-10,13H,1,11-12,14H2,2-4H3. The number of benzene rings is 2. The molecule has 2 aromatic rings. The summed E-state index contributed by atoms with van der Waals surface area (Å²) < 4.78 is 71.1. The van der Waals surface area contributed by atoms with Crippen LogP contribution in [0.2, 0.25) is 0 Å². The maximum absolute atomic E-state index is 12.8. The number of hydrogen-bond donors (Lipinski definition) is 0. The lowest BCUT2D eigenvalue weighted by Gasteiger charge is -2.31. The van der Waals surface area contributed by atoms with Gasteiger partial charge in [0.1, 0.15) is 5.60 Å². The minimum Gasteiger partial charge on any atom is -0.444 e. The first-order chi connectivity index (χ1) is 15.2. The SMILES string of the molecule is C=Cc1c(OS(=O)(=O)C(F)(F)F)cccc1-c1ccc2c(c1)CCN(C(=O)OC(C)(C)C)C2. The first-order valence-corrected chi connectivity index (χ1v) is 11.5. The van der Waals surface area contributed by atoms with Gasteiger partial charge in [0, 0.05) is 18.7 Å². The largest absolute Gasteiger partial charge is 0.534 e. The number of ether oxygens (including phenoxy) is 1. The van der Waals surface area contributed by atoms with Gasteiger partial charge in [-0.15, -0.1) is 0 Å². The Balaban J connectivity index is 1.91. The van der Waals surface area contributed by atoms with Gasteiger partial charge in [0.05, 0.1) is 0 Å². The summed E-state index contributed by atoms with van der Waals surface area (Å²) in [7, 11) is -5.82. The average molecular weight is 484 g/mol. The Kier molecular flexibility index (Phi) is 6.52. The van der Waals surface area contributed by atoms with Gasteiger partial charge in [-0.2, -0.15) is 21.6 Å². The molecule has 0 aliphatic carbocycles. The van der Waals surface area contributed by atoms with E-state index in [0.29, 0.717) is 30.6 Å². The fourth-order valence-electron chi connectivity index (χ4n) is 3.45. The molecule has 1 amide bonds. The third kappa shape index (κ3) is 5.50. The van der Waals surface area contributed by atoms with Crippen molar-refractivity contribution in [2.75, 3.05) is 6.54 Å². The Morgan fingerprint density at radius 1 is 1.12 bits per heavy atom. The van der Waals surface area contributed by atoms with E-state index < -0.39 is 33.1 Å². The zero-order chi connectivity index (χ0) is 24.6. The van der Waals surface area contributed by atoms with Crippen LogP contribution in [0, 0.1) is 0 Å². The highest BCUT2D eigenvalue weighted by Gasteiger charge is 2.48. The number of alkyl halides is 3. The average Bonchev–Trinajstić information content (AvgIpc) is 2.70.